The zero-order chi connectivity index (χ0) is 13.3. The molecule has 94 valence electrons. The Labute approximate surface area is 105 Å². The van der Waals surface area contributed by atoms with E-state index in [0.717, 1.165) is 22.3 Å². The molecule has 0 N–H and O–H groups in total. The summed E-state index contributed by atoms with van der Waals surface area (Å²) in [7, 11) is -1.33. The molecular formula is C6H4N6O4S2. The van der Waals surface area contributed by atoms with Gasteiger partial charge in [0.2, 0.25) is 21.0 Å². The van der Waals surface area contributed by atoms with Crippen LogP contribution in [0.5, 0.6) is 0 Å². The number of hydrogen-bond acceptors (Lipinski definition) is 9. The molecule has 0 spiro atoms. The maximum atomic E-state index is 11.2. The summed E-state index contributed by atoms with van der Waals surface area (Å²) in [5.41, 5.74) is 0. The molecule has 0 fully saturated rings. The number of rotatable bonds is 3. The molecule has 0 unspecified atom stereocenters. The first-order chi connectivity index (χ1) is 8.52. The van der Waals surface area contributed by atoms with Crippen LogP contribution in [0, 0.1) is 10.1 Å². The second kappa shape index (κ2) is 4.58. The maximum Gasteiger partial charge on any atom is 0.342 e. The summed E-state index contributed by atoms with van der Waals surface area (Å²) in [6, 6.07) is 0. The minimum Gasteiger partial charge on any atom is -0.358 e. The van der Waals surface area contributed by atoms with Gasteiger partial charge in [0.15, 0.2) is 5.01 Å². The van der Waals surface area contributed by atoms with Gasteiger partial charge < -0.3 is 10.1 Å². The van der Waals surface area contributed by atoms with E-state index in [1.807, 2.05) is 0 Å². The molecule has 0 saturated carbocycles. The molecule has 0 aliphatic rings. The van der Waals surface area contributed by atoms with Gasteiger partial charge in [-0.2, -0.15) is 8.42 Å². The van der Waals surface area contributed by atoms with E-state index in [1.165, 1.54) is 7.05 Å². The van der Waals surface area contributed by atoms with Crippen LogP contribution >= 0.6 is 11.5 Å². The lowest BCUT2D eigenvalue weighted by atomic mass is 10.4. The Kier molecular flexibility index (Phi) is 3.12. The number of nitrogens with zero attached hydrogens (tertiary/aromatic N) is 6. The van der Waals surface area contributed by atoms with Gasteiger partial charge in [0.05, 0.1) is 7.05 Å². The van der Waals surface area contributed by atoms with Gasteiger partial charge >= 0.3 is 5.82 Å². The van der Waals surface area contributed by atoms with Gasteiger partial charge in [-0.25, -0.2) is 9.55 Å². The fourth-order valence-electron chi connectivity index (χ4n) is 1.24. The molecule has 0 amide bonds. The predicted octanol–water partition coefficient (Wildman–Crippen LogP) is -0.977. The minimum atomic E-state index is -2.67. The van der Waals surface area contributed by atoms with Gasteiger partial charge in [-0.05, 0) is 10.1 Å². The van der Waals surface area contributed by atoms with Crippen molar-refractivity contribution in [2.24, 2.45) is 7.05 Å². The Hall–Kier alpha value is -2.21. The van der Waals surface area contributed by atoms with Gasteiger partial charge in [0.25, 0.3) is 0 Å². The van der Waals surface area contributed by atoms with E-state index in [9.17, 15) is 18.5 Å². The second-order valence-corrected chi connectivity index (χ2v) is 4.60. The van der Waals surface area contributed by atoms with Crippen LogP contribution in [0.4, 0.5) is 5.82 Å². The Morgan fingerprint density at radius 2 is 2.28 bits per heavy atom. The Morgan fingerprint density at radius 1 is 1.56 bits per heavy atom. The average molecular weight is 288 g/mol. The third kappa shape index (κ3) is 1.98. The fraction of sp³-hybridized carbons (Fsp3) is 0.167. The smallest absolute Gasteiger partial charge is 0.342 e. The lowest BCUT2D eigenvalue weighted by Gasteiger charge is -1.96. The highest BCUT2D eigenvalue weighted by Crippen LogP contribution is 2.15. The number of nitro groups is 1. The summed E-state index contributed by atoms with van der Waals surface area (Å²) >= 11 is 0.755. The van der Waals surface area contributed by atoms with E-state index in [-0.39, 0.29) is 21.5 Å². The van der Waals surface area contributed by atoms with Crippen LogP contribution in [0.3, 0.4) is 0 Å². The summed E-state index contributed by atoms with van der Waals surface area (Å²) in [6.07, 6.45) is 0.969. The molecule has 2 heterocycles. The average Bonchev–Trinajstić information content (AvgIpc) is 2.90. The summed E-state index contributed by atoms with van der Waals surface area (Å²) < 4.78 is 26.8. The van der Waals surface area contributed by atoms with Crippen LogP contribution in [-0.4, -0.2) is 42.6 Å². The summed E-state index contributed by atoms with van der Waals surface area (Å²) in [6.45, 7) is 0. The van der Waals surface area contributed by atoms with E-state index in [0.29, 0.717) is 0 Å². The van der Waals surface area contributed by atoms with E-state index in [2.05, 4.69) is 19.8 Å². The van der Waals surface area contributed by atoms with Crippen LogP contribution in [0.15, 0.2) is 6.20 Å². The minimum absolute atomic E-state index is 0.0203. The van der Waals surface area contributed by atoms with E-state index < -0.39 is 15.2 Å². The van der Waals surface area contributed by atoms with Crippen molar-refractivity contribution in [3.05, 3.63) is 27.1 Å². The van der Waals surface area contributed by atoms with Crippen molar-refractivity contribution in [3.8, 4) is 0 Å². The fourth-order valence-corrected chi connectivity index (χ4v) is 2.48. The van der Waals surface area contributed by atoms with Crippen molar-refractivity contribution >= 4 is 32.5 Å². The maximum absolute atomic E-state index is 11.2. The van der Waals surface area contributed by atoms with Gasteiger partial charge in [-0.1, -0.05) is 4.49 Å². The highest BCUT2D eigenvalue weighted by atomic mass is 32.2. The van der Waals surface area contributed by atoms with Crippen molar-refractivity contribution in [1.82, 2.24) is 24.4 Å². The Balaban J connectivity index is 2.68. The summed E-state index contributed by atoms with van der Waals surface area (Å²) in [5, 5.41) is 17.5. The Morgan fingerprint density at radius 3 is 2.72 bits per heavy atom. The van der Waals surface area contributed by atoms with Crippen LogP contribution in [-0.2, 0) is 17.3 Å². The molecular weight excluding hydrogens is 284 g/mol. The molecule has 18 heavy (non-hydrogen) atoms. The molecule has 0 bridgehead atoms. The molecule has 2 aromatic rings. The lowest BCUT2D eigenvalue weighted by Crippen LogP contribution is -2.12. The molecule has 2 rings (SSSR count). The molecule has 0 aliphatic carbocycles. The zero-order valence-corrected chi connectivity index (χ0v) is 10.3. The van der Waals surface area contributed by atoms with E-state index >= 15 is 0 Å². The quantitative estimate of drug-likeness (QED) is 0.304. The Bertz CT molecular complexity index is 722. The van der Waals surface area contributed by atoms with Crippen molar-refractivity contribution < 1.29 is 13.3 Å². The molecule has 2 aromatic heterocycles. The third-order valence-electron chi connectivity index (χ3n) is 2.01. The van der Waals surface area contributed by atoms with Gasteiger partial charge in [-0.3, -0.25) is 0 Å². The zero-order valence-electron chi connectivity index (χ0n) is 8.71. The van der Waals surface area contributed by atoms with Gasteiger partial charge in [0, 0.05) is 11.5 Å². The van der Waals surface area contributed by atoms with Crippen molar-refractivity contribution in [3.63, 3.8) is 0 Å². The van der Waals surface area contributed by atoms with Crippen molar-refractivity contribution in [1.29, 1.82) is 0 Å². The van der Waals surface area contributed by atoms with Crippen molar-refractivity contribution in [2.75, 3.05) is 0 Å². The first-order valence-corrected chi connectivity index (χ1v) is 6.15. The van der Waals surface area contributed by atoms with Crippen LogP contribution < -0.4 is 0 Å². The first kappa shape index (κ1) is 12.3. The van der Waals surface area contributed by atoms with Gasteiger partial charge in [-0.15, -0.1) is 5.10 Å². The molecule has 12 heteroatoms. The number of imidazole rings is 1. The largest absolute Gasteiger partial charge is 0.358 e. The van der Waals surface area contributed by atoms with Crippen LogP contribution in [0.1, 0.15) is 10.8 Å². The summed E-state index contributed by atoms with van der Waals surface area (Å²) in [5.74, 6) is -0.418. The number of aromatic nitrogens is 5. The number of hydrogen-bond donors (Lipinski definition) is 0. The van der Waals surface area contributed by atoms with Crippen molar-refractivity contribution in [2.45, 2.75) is 0 Å². The molecule has 0 radical (unpaired) electrons. The standard InChI is InChI=1S/C6H4N6O4S2/c1-11-3(12(13)14)2-7-5(11)4(18(15)16)6-8-9-10-17-6/h2H,1H3. The van der Waals surface area contributed by atoms with Crippen LogP contribution in [0.2, 0.25) is 0 Å². The normalized spacial score (nSPS) is 10.3. The topological polar surface area (TPSA) is 134 Å². The first-order valence-electron chi connectivity index (χ1n) is 4.30. The SMILES string of the molecule is Cn1c([N+](=O)[O-])cnc1C(c1nnns1)=S(=O)=O. The van der Waals surface area contributed by atoms with Gasteiger partial charge in [0.1, 0.15) is 6.20 Å². The molecule has 10 nitrogen and oxygen atoms in total. The molecule has 0 aromatic carbocycles. The molecule has 0 saturated heterocycles. The second-order valence-electron chi connectivity index (χ2n) is 2.99. The highest BCUT2D eigenvalue weighted by Gasteiger charge is 2.25. The highest BCUT2D eigenvalue weighted by molar-refractivity contribution is 7.74. The van der Waals surface area contributed by atoms with Crippen LogP contribution in [0.25, 0.3) is 0 Å². The summed E-state index contributed by atoms with van der Waals surface area (Å²) in [4.78, 5) is 13.4. The predicted molar refractivity (Wildman–Crippen MR) is 59.7 cm³/mol. The molecule has 0 aliphatic heterocycles. The lowest BCUT2D eigenvalue weighted by molar-refractivity contribution is -0.391. The monoisotopic (exact) mass is 288 g/mol. The third-order valence-corrected chi connectivity index (χ3v) is 3.47. The van der Waals surface area contributed by atoms with E-state index in [1.54, 1.807) is 0 Å². The molecule has 0 atom stereocenters. The van der Waals surface area contributed by atoms with E-state index in [4.69, 9.17) is 0 Å².